The monoisotopic (exact) mass is 542 g/mol. The lowest BCUT2D eigenvalue weighted by atomic mass is 9.97. The molecule has 3 rings (SSSR count). The molecule has 6 nitrogen and oxygen atoms in total. The fourth-order valence-corrected chi connectivity index (χ4v) is 4.62. The van der Waals surface area contributed by atoms with Crippen molar-refractivity contribution < 1.29 is 0 Å². The van der Waals surface area contributed by atoms with E-state index in [2.05, 4.69) is 65.2 Å². The lowest BCUT2D eigenvalue weighted by Crippen LogP contribution is -2.49. The molecule has 0 bridgehead atoms. The first-order valence-corrected chi connectivity index (χ1v) is 12.0. The number of aryl methyl sites for hydroxylation is 1. The Bertz CT molecular complexity index is 655. The van der Waals surface area contributed by atoms with Gasteiger partial charge in [-0.2, -0.15) is 0 Å². The SMILES string of the molecule is CCNC(=NCC1CCCN(CC(C)C)C1)NC1CCN(c2ccc(C)cn2)CC1.I. The Morgan fingerprint density at radius 1 is 1.19 bits per heavy atom. The third-order valence-electron chi connectivity index (χ3n) is 6.13. The lowest BCUT2D eigenvalue weighted by molar-refractivity contribution is 0.162. The minimum atomic E-state index is 0. The van der Waals surface area contributed by atoms with E-state index in [0.29, 0.717) is 12.0 Å². The number of pyridine rings is 1. The number of anilines is 1. The molecule has 1 aromatic rings. The Balaban J connectivity index is 0.00000341. The zero-order valence-electron chi connectivity index (χ0n) is 19.9. The highest BCUT2D eigenvalue weighted by molar-refractivity contribution is 14.0. The number of aliphatic imine (C=N–C) groups is 1. The van der Waals surface area contributed by atoms with Crippen LogP contribution in [0.5, 0.6) is 0 Å². The topological polar surface area (TPSA) is 55.8 Å². The molecule has 1 atom stereocenters. The van der Waals surface area contributed by atoms with Gasteiger partial charge in [-0.05, 0) is 69.5 Å². The number of nitrogens with one attached hydrogen (secondary N) is 2. The number of piperidine rings is 2. The van der Waals surface area contributed by atoms with Crippen molar-refractivity contribution in [3.63, 3.8) is 0 Å². The number of guanidine groups is 1. The Kier molecular flexibility index (Phi) is 11.4. The Labute approximate surface area is 206 Å². The molecule has 7 heteroatoms. The fraction of sp³-hybridized carbons (Fsp3) is 0.750. The van der Waals surface area contributed by atoms with Crippen LogP contribution in [0.4, 0.5) is 5.82 Å². The number of rotatable bonds is 7. The molecule has 3 heterocycles. The zero-order chi connectivity index (χ0) is 21.3. The van der Waals surface area contributed by atoms with Gasteiger partial charge < -0.3 is 20.4 Å². The molecule has 2 aliphatic rings. The second kappa shape index (κ2) is 13.5. The van der Waals surface area contributed by atoms with Crippen molar-refractivity contribution in [3.8, 4) is 0 Å². The van der Waals surface area contributed by atoms with Gasteiger partial charge in [-0.25, -0.2) is 4.98 Å². The summed E-state index contributed by atoms with van der Waals surface area (Å²) in [5, 5.41) is 7.16. The maximum absolute atomic E-state index is 4.97. The molecule has 1 unspecified atom stereocenters. The molecule has 0 radical (unpaired) electrons. The first-order chi connectivity index (χ1) is 14.5. The van der Waals surface area contributed by atoms with Crippen LogP contribution < -0.4 is 15.5 Å². The molecule has 0 saturated carbocycles. The number of halogens is 1. The first-order valence-electron chi connectivity index (χ1n) is 12.0. The summed E-state index contributed by atoms with van der Waals surface area (Å²) >= 11 is 0. The Morgan fingerprint density at radius 3 is 2.61 bits per heavy atom. The molecule has 2 fully saturated rings. The molecule has 0 spiro atoms. The molecule has 0 amide bonds. The first kappa shape index (κ1) is 26.2. The maximum Gasteiger partial charge on any atom is 0.191 e. The van der Waals surface area contributed by atoms with E-state index in [-0.39, 0.29) is 24.0 Å². The third-order valence-corrected chi connectivity index (χ3v) is 6.13. The summed E-state index contributed by atoms with van der Waals surface area (Å²) in [4.78, 5) is 14.6. The summed E-state index contributed by atoms with van der Waals surface area (Å²) in [6.07, 6.45) is 6.81. The van der Waals surface area contributed by atoms with Gasteiger partial charge in [-0.15, -0.1) is 24.0 Å². The minimum Gasteiger partial charge on any atom is -0.357 e. The number of hydrogen-bond acceptors (Lipinski definition) is 4. The van der Waals surface area contributed by atoms with Crippen LogP contribution in [-0.2, 0) is 0 Å². The van der Waals surface area contributed by atoms with E-state index >= 15 is 0 Å². The highest BCUT2D eigenvalue weighted by atomic mass is 127. The normalized spacial score (nSPS) is 21.1. The van der Waals surface area contributed by atoms with Crippen molar-refractivity contribution in [1.29, 1.82) is 0 Å². The molecule has 0 aliphatic carbocycles. The van der Waals surface area contributed by atoms with Crippen LogP contribution in [0.3, 0.4) is 0 Å². The van der Waals surface area contributed by atoms with Gasteiger partial charge in [0.25, 0.3) is 0 Å². The summed E-state index contributed by atoms with van der Waals surface area (Å²) in [7, 11) is 0. The number of nitrogens with zero attached hydrogens (tertiary/aromatic N) is 4. The highest BCUT2D eigenvalue weighted by Crippen LogP contribution is 2.19. The number of hydrogen-bond donors (Lipinski definition) is 2. The average Bonchev–Trinajstić information content (AvgIpc) is 2.73. The van der Waals surface area contributed by atoms with Gasteiger partial charge in [0.2, 0.25) is 0 Å². The van der Waals surface area contributed by atoms with Gasteiger partial charge in [0, 0.05) is 51.5 Å². The van der Waals surface area contributed by atoms with E-state index in [0.717, 1.165) is 56.7 Å². The van der Waals surface area contributed by atoms with Gasteiger partial charge in [0.1, 0.15) is 5.82 Å². The van der Waals surface area contributed by atoms with E-state index in [1.807, 2.05) is 6.20 Å². The van der Waals surface area contributed by atoms with E-state index in [9.17, 15) is 0 Å². The van der Waals surface area contributed by atoms with Crippen LogP contribution in [0.15, 0.2) is 23.3 Å². The highest BCUT2D eigenvalue weighted by Gasteiger charge is 2.22. The maximum atomic E-state index is 4.97. The lowest BCUT2D eigenvalue weighted by Gasteiger charge is -2.34. The molecule has 31 heavy (non-hydrogen) atoms. The smallest absolute Gasteiger partial charge is 0.191 e. The van der Waals surface area contributed by atoms with Crippen molar-refractivity contribution in [1.82, 2.24) is 20.5 Å². The molecular formula is C24H43IN6. The van der Waals surface area contributed by atoms with Crippen molar-refractivity contribution in [2.45, 2.75) is 59.4 Å². The second-order valence-electron chi connectivity index (χ2n) is 9.48. The van der Waals surface area contributed by atoms with Crippen LogP contribution >= 0.6 is 24.0 Å². The van der Waals surface area contributed by atoms with Crippen molar-refractivity contribution in [3.05, 3.63) is 23.9 Å². The van der Waals surface area contributed by atoms with Crippen LogP contribution in [0, 0.1) is 18.8 Å². The van der Waals surface area contributed by atoms with Crippen LogP contribution in [-0.4, -0.2) is 67.7 Å². The van der Waals surface area contributed by atoms with E-state index in [4.69, 9.17) is 4.99 Å². The van der Waals surface area contributed by atoms with Crippen molar-refractivity contribution in [2.24, 2.45) is 16.8 Å². The summed E-state index contributed by atoms with van der Waals surface area (Å²) < 4.78 is 0. The van der Waals surface area contributed by atoms with Gasteiger partial charge in [-0.3, -0.25) is 4.99 Å². The molecule has 0 aromatic carbocycles. The van der Waals surface area contributed by atoms with Gasteiger partial charge >= 0.3 is 0 Å². The zero-order valence-corrected chi connectivity index (χ0v) is 22.3. The molecule has 2 N–H and O–H groups in total. The van der Waals surface area contributed by atoms with Gasteiger partial charge in [0.15, 0.2) is 5.96 Å². The summed E-state index contributed by atoms with van der Waals surface area (Å²) in [6.45, 7) is 16.4. The molecule has 1 aromatic heterocycles. The predicted octanol–water partition coefficient (Wildman–Crippen LogP) is 3.90. The van der Waals surface area contributed by atoms with Gasteiger partial charge in [0.05, 0.1) is 0 Å². The van der Waals surface area contributed by atoms with Gasteiger partial charge in [-0.1, -0.05) is 19.9 Å². The van der Waals surface area contributed by atoms with Crippen LogP contribution in [0.1, 0.15) is 52.0 Å². The Hall–Kier alpha value is -1.09. The van der Waals surface area contributed by atoms with Crippen molar-refractivity contribution in [2.75, 3.05) is 50.7 Å². The fourth-order valence-electron chi connectivity index (χ4n) is 4.62. The summed E-state index contributed by atoms with van der Waals surface area (Å²) in [5.41, 5.74) is 1.21. The molecule has 176 valence electrons. The standard InChI is InChI=1S/C24H42N6.HI/c1-5-25-24(27-16-21-7-6-12-29(18-21)17-19(2)3)28-22-10-13-30(14-11-22)23-9-8-20(4)15-26-23;/h8-9,15,19,21-22H,5-7,10-14,16-18H2,1-4H3,(H2,25,27,28);1H. The molecular weight excluding hydrogens is 499 g/mol. The van der Waals surface area contributed by atoms with E-state index < -0.39 is 0 Å². The molecule has 2 aliphatic heterocycles. The largest absolute Gasteiger partial charge is 0.357 e. The quantitative estimate of drug-likeness (QED) is 0.311. The third kappa shape index (κ3) is 8.75. The molecule has 2 saturated heterocycles. The average molecular weight is 543 g/mol. The van der Waals surface area contributed by atoms with E-state index in [1.54, 1.807) is 0 Å². The number of aromatic nitrogens is 1. The predicted molar refractivity (Wildman–Crippen MR) is 143 cm³/mol. The minimum absolute atomic E-state index is 0. The van der Waals surface area contributed by atoms with Crippen LogP contribution in [0.25, 0.3) is 0 Å². The summed E-state index contributed by atoms with van der Waals surface area (Å²) in [5.74, 6) is 3.52. The second-order valence-corrected chi connectivity index (χ2v) is 9.48. The van der Waals surface area contributed by atoms with Crippen molar-refractivity contribution >= 4 is 35.8 Å². The summed E-state index contributed by atoms with van der Waals surface area (Å²) in [6, 6.07) is 4.77. The number of likely N-dealkylation sites (tertiary alicyclic amines) is 1. The Morgan fingerprint density at radius 2 is 1.97 bits per heavy atom. The van der Waals surface area contributed by atoms with E-state index in [1.165, 1.54) is 38.0 Å². The van der Waals surface area contributed by atoms with Crippen LogP contribution in [0.2, 0.25) is 0 Å².